The highest BCUT2D eigenvalue weighted by atomic mass is 19.4. The highest BCUT2D eigenvalue weighted by molar-refractivity contribution is 5.97. The number of nitrogens with zero attached hydrogens (tertiary/aromatic N) is 3. The van der Waals surface area contributed by atoms with Crippen molar-refractivity contribution in [3.05, 3.63) is 94.0 Å². The molecule has 1 saturated heterocycles. The third-order valence-corrected chi connectivity index (χ3v) is 7.61. The molecular weight excluding hydrogens is 603 g/mol. The molecule has 45 heavy (non-hydrogen) atoms. The molecule has 1 aliphatic heterocycles. The SMILES string of the molecule is COC(=O)[C@H](Cc1ccc(-c2cc3cnccc3n(C)c2=O)cc1)NC(=O)c1c(F)cc(N2CCOC[C@@H]2C(F)(F)F)cc1F. The lowest BCUT2D eigenvalue weighted by molar-refractivity contribution is -0.167. The van der Waals surface area contributed by atoms with E-state index in [1.807, 2.05) is 0 Å². The molecule has 5 rings (SSSR count). The van der Waals surface area contributed by atoms with Gasteiger partial charge in [0.05, 0.1) is 25.8 Å². The smallest absolute Gasteiger partial charge is 0.411 e. The number of alkyl halides is 3. The van der Waals surface area contributed by atoms with Crippen LogP contribution in [0.5, 0.6) is 0 Å². The molecule has 2 aromatic heterocycles. The van der Waals surface area contributed by atoms with Crippen LogP contribution in [-0.2, 0) is 27.7 Å². The van der Waals surface area contributed by atoms with Gasteiger partial charge in [-0.2, -0.15) is 13.2 Å². The Labute approximate surface area is 253 Å². The summed E-state index contributed by atoms with van der Waals surface area (Å²) in [6.07, 6.45) is -1.64. The molecule has 9 nitrogen and oxygen atoms in total. The molecule has 0 saturated carbocycles. The fourth-order valence-electron chi connectivity index (χ4n) is 5.28. The fourth-order valence-corrected chi connectivity index (χ4v) is 5.28. The fraction of sp³-hybridized carbons (Fsp3) is 0.290. The van der Waals surface area contributed by atoms with Crippen molar-refractivity contribution in [1.82, 2.24) is 14.9 Å². The van der Waals surface area contributed by atoms with Crippen molar-refractivity contribution >= 4 is 28.5 Å². The van der Waals surface area contributed by atoms with Gasteiger partial charge >= 0.3 is 12.1 Å². The Kier molecular flexibility index (Phi) is 8.87. The molecule has 2 aromatic carbocycles. The molecule has 0 spiro atoms. The predicted molar refractivity (Wildman–Crippen MR) is 154 cm³/mol. The van der Waals surface area contributed by atoms with Crippen LogP contribution < -0.4 is 15.8 Å². The van der Waals surface area contributed by atoms with Gasteiger partial charge in [-0.25, -0.2) is 13.6 Å². The number of methoxy groups -OCH3 is 1. The second-order valence-corrected chi connectivity index (χ2v) is 10.4. The summed E-state index contributed by atoms with van der Waals surface area (Å²) >= 11 is 0. The van der Waals surface area contributed by atoms with E-state index in [4.69, 9.17) is 9.47 Å². The first-order chi connectivity index (χ1) is 21.4. The molecular formula is C31H27F5N4O5. The second-order valence-electron chi connectivity index (χ2n) is 10.4. The predicted octanol–water partition coefficient (Wildman–Crippen LogP) is 4.16. The number of esters is 1. The van der Waals surface area contributed by atoms with Gasteiger partial charge in [-0.1, -0.05) is 24.3 Å². The number of halogens is 5. The van der Waals surface area contributed by atoms with E-state index in [0.29, 0.717) is 34.3 Å². The van der Waals surface area contributed by atoms with E-state index in [-0.39, 0.29) is 25.1 Å². The van der Waals surface area contributed by atoms with E-state index in [0.717, 1.165) is 17.4 Å². The molecule has 236 valence electrons. The zero-order valence-electron chi connectivity index (χ0n) is 24.0. The van der Waals surface area contributed by atoms with E-state index in [1.165, 1.54) is 4.57 Å². The van der Waals surface area contributed by atoms with Crippen molar-refractivity contribution in [3.63, 3.8) is 0 Å². The van der Waals surface area contributed by atoms with Crippen LogP contribution in [0.25, 0.3) is 22.0 Å². The van der Waals surface area contributed by atoms with E-state index < -0.39 is 59.6 Å². The summed E-state index contributed by atoms with van der Waals surface area (Å²) in [7, 11) is 2.72. The van der Waals surface area contributed by atoms with Gasteiger partial charge in [0.2, 0.25) is 0 Å². The molecule has 14 heteroatoms. The Morgan fingerprint density at radius 3 is 2.44 bits per heavy atom. The monoisotopic (exact) mass is 630 g/mol. The Hall–Kier alpha value is -4.85. The maximum Gasteiger partial charge on any atom is 0.411 e. The van der Waals surface area contributed by atoms with Crippen LogP contribution in [0, 0.1) is 11.6 Å². The molecule has 0 unspecified atom stereocenters. The number of anilines is 1. The number of carbonyl (C=O) groups is 2. The van der Waals surface area contributed by atoms with E-state index in [9.17, 15) is 27.6 Å². The summed E-state index contributed by atoms with van der Waals surface area (Å²) in [4.78, 5) is 43.4. The summed E-state index contributed by atoms with van der Waals surface area (Å²) in [5.74, 6) is -5.02. The van der Waals surface area contributed by atoms with Crippen molar-refractivity contribution in [1.29, 1.82) is 0 Å². The first kappa shape index (κ1) is 31.6. The average Bonchev–Trinajstić information content (AvgIpc) is 3.01. The standard InChI is InChI=1S/C31H27F5N4O5/c1-39-25-7-8-37-15-19(25)12-21(29(39)42)18-5-3-17(4-6-18)11-24(30(43)44-2)38-28(41)27-22(32)13-20(14-23(27)33)40-9-10-45-16-26(40)31(34,35)36/h3-8,12-15,24,26H,9-11,16H2,1-2H3,(H,38,41)/t24-,26+/m0/s1. The lowest BCUT2D eigenvalue weighted by Crippen LogP contribution is -2.53. The zero-order chi connectivity index (χ0) is 32.5. The average molecular weight is 631 g/mol. The molecule has 3 heterocycles. The molecule has 0 radical (unpaired) electrons. The minimum absolute atomic E-state index is 0.0871. The van der Waals surface area contributed by atoms with E-state index in [2.05, 4.69) is 10.3 Å². The van der Waals surface area contributed by atoms with Gasteiger partial charge in [0.15, 0.2) is 0 Å². The summed E-state index contributed by atoms with van der Waals surface area (Å²) in [5.41, 5.74) is 0.516. The minimum Gasteiger partial charge on any atom is -0.467 e. The van der Waals surface area contributed by atoms with Crippen LogP contribution >= 0.6 is 0 Å². The van der Waals surface area contributed by atoms with Crippen molar-refractivity contribution in [2.45, 2.75) is 24.7 Å². The van der Waals surface area contributed by atoms with E-state index >= 15 is 8.78 Å². The van der Waals surface area contributed by atoms with Crippen LogP contribution in [0.15, 0.2) is 65.7 Å². The van der Waals surface area contributed by atoms with Crippen molar-refractivity contribution in [3.8, 4) is 11.1 Å². The van der Waals surface area contributed by atoms with E-state index in [1.54, 1.807) is 55.8 Å². The molecule has 1 N–H and O–H groups in total. The number of aryl methyl sites for hydroxylation is 1. The number of carbonyl (C=O) groups excluding carboxylic acids is 2. The third kappa shape index (κ3) is 6.50. The van der Waals surface area contributed by atoms with Gasteiger partial charge < -0.3 is 24.3 Å². The second kappa shape index (κ2) is 12.6. The number of morpholine rings is 1. The van der Waals surface area contributed by atoms with Gasteiger partial charge in [0, 0.05) is 49.0 Å². The van der Waals surface area contributed by atoms with Gasteiger partial charge in [0.1, 0.15) is 29.3 Å². The van der Waals surface area contributed by atoms with Crippen molar-refractivity contribution < 1.29 is 41.0 Å². The summed E-state index contributed by atoms with van der Waals surface area (Å²) in [5, 5.41) is 3.02. The maximum absolute atomic E-state index is 15.1. The summed E-state index contributed by atoms with van der Waals surface area (Å²) in [6, 6.07) is 7.78. The van der Waals surface area contributed by atoms with Crippen LogP contribution in [0.4, 0.5) is 27.6 Å². The number of pyridine rings is 2. The van der Waals surface area contributed by atoms with Crippen LogP contribution in [0.1, 0.15) is 15.9 Å². The van der Waals surface area contributed by atoms with Crippen molar-refractivity contribution in [2.75, 3.05) is 31.8 Å². The number of amides is 1. The molecule has 1 amide bonds. The van der Waals surface area contributed by atoms with Crippen LogP contribution in [0.2, 0.25) is 0 Å². The summed E-state index contributed by atoms with van der Waals surface area (Å²) < 4.78 is 81.8. The first-order valence-corrected chi connectivity index (χ1v) is 13.7. The molecule has 1 aliphatic rings. The number of hydrogen-bond acceptors (Lipinski definition) is 7. The Balaban J connectivity index is 1.36. The maximum atomic E-state index is 15.1. The van der Waals surface area contributed by atoms with Gasteiger partial charge in [0.25, 0.3) is 11.5 Å². The van der Waals surface area contributed by atoms with Gasteiger partial charge in [-0.05, 0) is 35.4 Å². The van der Waals surface area contributed by atoms with Gasteiger partial charge in [-0.3, -0.25) is 14.6 Å². The minimum atomic E-state index is -4.72. The first-order valence-electron chi connectivity index (χ1n) is 13.7. The Morgan fingerprint density at radius 2 is 1.80 bits per heavy atom. The molecule has 0 aliphatic carbocycles. The largest absolute Gasteiger partial charge is 0.467 e. The van der Waals surface area contributed by atoms with Gasteiger partial charge in [-0.15, -0.1) is 0 Å². The van der Waals surface area contributed by atoms with Crippen molar-refractivity contribution in [2.24, 2.45) is 7.05 Å². The lowest BCUT2D eigenvalue weighted by Gasteiger charge is -2.38. The summed E-state index contributed by atoms with van der Waals surface area (Å²) in [6.45, 7) is -1.08. The lowest BCUT2D eigenvalue weighted by atomic mass is 10.00. The number of benzene rings is 2. The zero-order valence-corrected chi connectivity index (χ0v) is 24.0. The number of hydrogen-bond donors (Lipinski definition) is 1. The number of nitrogens with one attached hydrogen (secondary N) is 1. The van der Waals surface area contributed by atoms with Crippen LogP contribution in [0.3, 0.4) is 0 Å². The number of fused-ring (bicyclic) bond motifs is 1. The highest BCUT2D eigenvalue weighted by Gasteiger charge is 2.46. The molecule has 4 aromatic rings. The normalized spacial score (nSPS) is 16.0. The third-order valence-electron chi connectivity index (χ3n) is 7.61. The quantitative estimate of drug-likeness (QED) is 0.242. The topological polar surface area (TPSA) is 103 Å². The molecule has 2 atom stereocenters. The Bertz CT molecular complexity index is 1790. The van der Waals surface area contributed by atoms with Crippen LogP contribution in [-0.4, -0.2) is 66.6 Å². The Morgan fingerprint density at radius 1 is 1.11 bits per heavy atom. The number of aromatic nitrogens is 2. The number of rotatable bonds is 7. The molecule has 0 bridgehead atoms. The highest BCUT2D eigenvalue weighted by Crippen LogP contribution is 2.33. The number of ether oxygens (including phenoxy) is 2. The molecule has 1 fully saturated rings.